The minimum absolute atomic E-state index is 0.129. The molecule has 1 amide bonds. The number of aromatic carboxylic acids is 1. The van der Waals surface area contributed by atoms with Gasteiger partial charge in [-0.25, -0.2) is 4.79 Å². The second-order valence-corrected chi connectivity index (χ2v) is 5.75. The first-order valence-electron chi connectivity index (χ1n) is 7.85. The highest BCUT2D eigenvalue weighted by atomic mass is 16.4. The third-order valence-corrected chi connectivity index (χ3v) is 3.90. The van der Waals surface area contributed by atoms with Gasteiger partial charge in [0.05, 0.1) is 5.56 Å². The molecule has 25 heavy (non-hydrogen) atoms. The molecule has 3 aromatic rings. The summed E-state index contributed by atoms with van der Waals surface area (Å²) in [6.45, 7) is 2.01. The van der Waals surface area contributed by atoms with E-state index < -0.39 is 5.97 Å². The molecule has 0 radical (unpaired) electrons. The Bertz CT molecular complexity index is 930. The third kappa shape index (κ3) is 3.75. The maximum Gasteiger partial charge on any atom is 0.335 e. The fourth-order valence-corrected chi connectivity index (χ4v) is 2.59. The highest BCUT2D eigenvalue weighted by Gasteiger charge is 2.13. The summed E-state index contributed by atoms with van der Waals surface area (Å²) in [5.74, 6) is -1.31. The number of carbonyl (C=O) groups is 2. The summed E-state index contributed by atoms with van der Waals surface area (Å²) in [7, 11) is 0. The van der Waals surface area contributed by atoms with Crippen molar-refractivity contribution in [2.45, 2.75) is 6.92 Å². The molecule has 0 saturated heterocycles. The molecule has 3 aromatic carbocycles. The van der Waals surface area contributed by atoms with Crippen LogP contribution in [0.3, 0.4) is 0 Å². The number of aryl methyl sites for hydroxylation is 1. The van der Waals surface area contributed by atoms with Crippen LogP contribution in [0.2, 0.25) is 0 Å². The van der Waals surface area contributed by atoms with Crippen LogP contribution in [0.5, 0.6) is 0 Å². The number of hydrogen-bond donors (Lipinski definition) is 2. The molecular weight excluding hydrogens is 314 g/mol. The molecule has 0 unspecified atom stereocenters. The smallest absolute Gasteiger partial charge is 0.335 e. The van der Waals surface area contributed by atoms with Crippen molar-refractivity contribution in [2.24, 2.45) is 0 Å². The van der Waals surface area contributed by atoms with E-state index in [-0.39, 0.29) is 11.5 Å². The molecule has 4 nitrogen and oxygen atoms in total. The summed E-state index contributed by atoms with van der Waals surface area (Å²) < 4.78 is 0. The van der Waals surface area contributed by atoms with Crippen molar-refractivity contribution in [1.82, 2.24) is 0 Å². The highest BCUT2D eigenvalue weighted by Crippen LogP contribution is 2.25. The van der Waals surface area contributed by atoms with E-state index in [4.69, 9.17) is 5.11 Å². The van der Waals surface area contributed by atoms with Crippen molar-refractivity contribution >= 4 is 17.6 Å². The van der Waals surface area contributed by atoms with E-state index in [0.29, 0.717) is 11.3 Å². The fraction of sp³-hybridized carbons (Fsp3) is 0.0476. The summed E-state index contributed by atoms with van der Waals surface area (Å²) >= 11 is 0. The first kappa shape index (κ1) is 16.5. The van der Waals surface area contributed by atoms with E-state index >= 15 is 0 Å². The van der Waals surface area contributed by atoms with Crippen LogP contribution in [0.1, 0.15) is 26.3 Å². The number of amides is 1. The van der Waals surface area contributed by atoms with Gasteiger partial charge in [0.15, 0.2) is 0 Å². The van der Waals surface area contributed by atoms with E-state index in [1.165, 1.54) is 12.1 Å². The van der Waals surface area contributed by atoms with Crippen LogP contribution >= 0.6 is 0 Å². The summed E-state index contributed by atoms with van der Waals surface area (Å²) in [5.41, 5.74) is 4.04. The molecule has 0 aliphatic rings. The van der Waals surface area contributed by atoms with Crippen LogP contribution in [0.25, 0.3) is 11.1 Å². The van der Waals surface area contributed by atoms with Crippen molar-refractivity contribution in [3.05, 3.63) is 89.5 Å². The van der Waals surface area contributed by atoms with Crippen LogP contribution < -0.4 is 5.32 Å². The normalized spacial score (nSPS) is 10.3. The minimum atomic E-state index is -1.03. The lowest BCUT2D eigenvalue weighted by Gasteiger charge is -2.11. The number of nitrogens with one attached hydrogen (secondary N) is 1. The largest absolute Gasteiger partial charge is 0.478 e. The molecular formula is C21H17NO3. The molecule has 0 spiro atoms. The molecule has 0 aromatic heterocycles. The van der Waals surface area contributed by atoms with Gasteiger partial charge in [0, 0.05) is 11.3 Å². The van der Waals surface area contributed by atoms with Gasteiger partial charge in [-0.15, -0.1) is 0 Å². The quantitative estimate of drug-likeness (QED) is 0.733. The average molecular weight is 331 g/mol. The summed E-state index contributed by atoms with van der Waals surface area (Å²) in [6.07, 6.45) is 0. The third-order valence-electron chi connectivity index (χ3n) is 3.90. The fourth-order valence-electron chi connectivity index (χ4n) is 2.59. The van der Waals surface area contributed by atoms with Gasteiger partial charge >= 0.3 is 5.97 Å². The predicted molar refractivity (Wildman–Crippen MR) is 98.0 cm³/mol. The standard InChI is InChI=1S/C21H17NO3/c1-14-9-11-15(12-10-14)18-7-2-3-8-19(18)20(23)22-17-6-4-5-16(13-17)21(24)25/h2-13H,1H3,(H,22,23)(H,24,25). The predicted octanol–water partition coefficient (Wildman–Crippen LogP) is 4.61. The zero-order chi connectivity index (χ0) is 17.8. The van der Waals surface area contributed by atoms with Gasteiger partial charge in [0.25, 0.3) is 5.91 Å². The SMILES string of the molecule is Cc1ccc(-c2ccccc2C(=O)Nc2cccc(C(=O)O)c2)cc1. The number of rotatable bonds is 4. The number of anilines is 1. The second-order valence-electron chi connectivity index (χ2n) is 5.75. The van der Waals surface area contributed by atoms with Gasteiger partial charge < -0.3 is 10.4 Å². The molecule has 0 aliphatic carbocycles. The molecule has 3 rings (SSSR count). The lowest BCUT2D eigenvalue weighted by Crippen LogP contribution is -2.13. The first-order chi connectivity index (χ1) is 12.0. The highest BCUT2D eigenvalue weighted by molar-refractivity contribution is 6.09. The van der Waals surface area contributed by atoms with Gasteiger partial charge in [0.2, 0.25) is 0 Å². The molecule has 0 fully saturated rings. The van der Waals surface area contributed by atoms with Gasteiger partial charge in [-0.1, -0.05) is 54.1 Å². The molecule has 2 N–H and O–H groups in total. The van der Waals surface area contributed by atoms with Crippen LogP contribution in [0, 0.1) is 6.92 Å². The van der Waals surface area contributed by atoms with Gasteiger partial charge in [0.1, 0.15) is 0 Å². The maximum atomic E-state index is 12.7. The lowest BCUT2D eigenvalue weighted by molar-refractivity contribution is 0.0696. The molecule has 0 atom stereocenters. The zero-order valence-corrected chi connectivity index (χ0v) is 13.7. The van der Waals surface area contributed by atoms with E-state index in [1.807, 2.05) is 43.3 Å². The lowest BCUT2D eigenvalue weighted by atomic mass is 9.98. The van der Waals surface area contributed by atoms with Crippen molar-refractivity contribution in [3.8, 4) is 11.1 Å². The Morgan fingerprint density at radius 3 is 2.32 bits per heavy atom. The molecule has 0 saturated carbocycles. The molecule has 124 valence electrons. The van der Waals surface area contributed by atoms with Crippen LogP contribution in [0.4, 0.5) is 5.69 Å². The van der Waals surface area contributed by atoms with Crippen LogP contribution in [0.15, 0.2) is 72.8 Å². The van der Waals surface area contributed by atoms with Crippen molar-refractivity contribution in [1.29, 1.82) is 0 Å². The number of carboxylic acid groups (broad SMARTS) is 1. The number of carboxylic acids is 1. The van der Waals surface area contributed by atoms with Gasteiger partial charge in [-0.3, -0.25) is 4.79 Å². The number of benzene rings is 3. The van der Waals surface area contributed by atoms with Crippen molar-refractivity contribution < 1.29 is 14.7 Å². The molecule has 4 heteroatoms. The summed E-state index contributed by atoms with van der Waals surface area (Å²) in [6, 6.07) is 21.5. The summed E-state index contributed by atoms with van der Waals surface area (Å²) in [5, 5.41) is 11.8. The Morgan fingerprint density at radius 2 is 1.60 bits per heavy atom. The van der Waals surface area contributed by atoms with E-state index in [1.54, 1.807) is 24.3 Å². The van der Waals surface area contributed by atoms with Crippen molar-refractivity contribution in [2.75, 3.05) is 5.32 Å². The molecule has 0 bridgehead atoms. The zero-order valence-electron chi connectivity index (χ0n) is 13.7. The molecule has 0 aliphatic heterocycles. The van der Waals surface area contributed by atoms with Crippen molar-refractivity contribution in [3.63, 3.8) is 0 Å². The Morgan fingerprint density at radius 1 is 0.880 bits per heavy atom. The maximum absolute atomic E-state index is 12.7. The van der Waals surface area contributed by atoms with Crippen LogP contribution in [-0.4, -0.2) is 17.0 Å². The average Bonchev–Trinajstić information content (AvgIpc) is 2.62. The second kappa shape index (κ2) is 7.01. The van der Waals surface area contributed by atoms with Gasteiger partial charge in [-0.2, -0.15) is 0 Å². The minimum Gasteiger partial charge on any atom is -0.478 e. The first-order valence-corrected chi connectivity index (χ1v) is 7.85. The van der Waals surface area contributed by atoms with E-state index in [0.717, 1.165) is 16.7 Å². The van der Waals surface area contributed by atoms with E-state index in [2.05, 4.69) is 5.32 Å². The monoisotopic (exact) mass is 331 g/mol. The van der Waals surface area contributed by atoms with Crippen LogP contribution in [-0.2, 0) is 0 Å². The number of hydrogen-bond acceptors (Lipinski definition) is 2. The Kier molecular flexibility index (Phi) is 4.61. The Labute approximate surface area is 145 Å². The van der Waals surface area contributed by atoms with Gasteiger partial charge in [-0.05, 0) is 42.3 Å². The van der Waals surface area contributed by atoms with E-state index in [9.17, 15) is 9.59 Å². The topological polar surface area (TPSA) is 66.4 Å². The number of carbonyl (C=O) groups excluding carboxylic acids is 1. The Balaban J connectivity index is 1.92. The summed E-state index contributed by atoms with van der Waals surface area (Å²) in [4.78, 5) is 23.8. The Hall–Kier alpha value is -3.40. The molecule has 0 heterocycles.